The molecule has 0 atom stereocenters. The molecule has 5 nitrogen and oxygen atoms in total. The molecule has 15 heavy (non-hydrogen) atoms. The number of esters is 1. The van der Waals surface area contributed by atoms with Crippen molar-refractivity contribution in [3.63, 3.8) is 0 Å². The lowest BCUT2D eigenvalue weighted by Crippen LogP contribution is -2.07. The van der Waals surface area contributed by atoms with E-state index < -0.39 is 5.97 Å². The van der Waals surface area contributed by atoms with Gasteiger partial charge in [0.15, 0.2) is 10.9 Å². The number of fused-ring (bicyclic) bond motifs is 1. The molecule has 0 bridgehead atoms. The molecule has 2 aromatic rings. The van der Waals surface area contributed by atoms with E-state index in [4.69, 9.17) is 0 Å². The van der Waals surface area contributed by atoms with Crippen molar-refractivity contribution >= 4 is 23.4 Å². The van der Waals surface area contributed by atoms with E-state index in [0.29, 0.717) is 16.5 Å². The summed E-state index contributed by atoms with van der Waals surface area (Å²) in [7, 11) is 1.34. The van der Waals surface area contributed by atoms with Crippen LogP contribution in [0.2, 0.25) is 0 Å². The predicted octanol–water partition coefficient (Wildman–Crippen LogP) is 1.24. The fraction of sp³-hybridized carbons (Fsp3) is 0.222. The molecule has 0 aromatic carbocycles. The highest BCUT2D eigenvalue weighted by Crippen LogP contribution is 2.16. The minimum atomic E-state index is -0.411. The van der Waals surface area contributed by atoms with Crippen LogP contribution in [-0.4, -0.2) is 33.7 Å². The fourth-order valence-electron chi connectivity index (χ4n) is 1.30. The van der Waals surface area contributed by atoms with Gasteiger partial charge in [0, 0.05) is 6.20 Å². The Morgan fingerprint density at radius 3 is 3.00 bits per heavy atom. The first-order valence-electron chi connectivity index (χ1n) is 4.22. The number of aromatic nitrogens is 3. The molecule has 0 radical (unpaired) electrons. The molecule has 2 heterocycles. The van der Waals surface area contributed by atoms with Gasteiger partial charge in [0.05, 0.1) is 13.3 Å². The number of ether oxygens (including phenoxy) is 1. The first kappa shape index (κ1) is 9.97. The van der Waals surface area contributed by atoms with Gasteiger partial charge < -0.3 is 4.74 Å². The Morgan fingerprint density at radius 1 is 1.53 bits per heavy atom. The number of thioether (sulfide) groups is 1. The van der Waals surface area contributed by atoms with Crippen LogP contribution in [0, 0.1) is 0 Å². The van der Waals surface area contributed by atoms with Gasteiger partial charge in [0.2, 0.25) is 0 Å². The minimum absolute atomic E-state index is 0.393. The first-order chi connectivity index (χ1) is 7.27. The van der Waals surface area contributed by atoms with Crippen molar-refractivity contribution in [3.05, 3.63) is 24.2 Å². The van der Waals surface area contributed by atoms with Crippen LogP contribution < -0.4 is 0 Å². The molecule has 0 spiro atoms. The summed E-state index contributed by atoms with van der Waals surface area (Å²) in [5, 5.41) is 0.713. The van der Waals surface area contributed by atoms with E-state index in [-0.39, 0.29) is 0 Å². The Bertz CT molecular complexity index is 509. The van der Waals surface area contributed by atoms with Crippen LogP contribution in [0.1, 0.15) is 10.5 Å². The number of carbonyl (C=O) groups excluding carboxylic acids is 1. The second-order valence-electron chi connectivity index (χ2n) is 2.76. The summed E-state index contributed by atoms with van der Waals surface area (Å²) >= 11 is 1.45. The average molecular weight is 223 g/mol. The summed E-state index contributed by atoms with van der Waals surface area (Å²) in [5.74, 6) is -0.411. The number of imidazole rings is 1. The third kappa shape index (κ3) is 1.56. The van der Waals surface area contributed by atoms with Crippen molar-refractivity contribution in [2.24, 2.45) is 0 Å². The molecule has 2 aromatic heterocycles. The number of rotatable bonds is 2. The van der Waals surface area contributed by atoms with Crippen molar-refractivity contribution in [2.75, 3.05) is 13.4 Å². The molecule has 2 rings (SSSR count). The summed E-state index contributed by atoms with van der Waals surface area (Å²) in [6.07, 6.45) is 5.04. The molecule has 6 heteroatoms. The molecule has 0 fully saturated rings. The molecular weight excluding hydrogens is 214 g/mol. The van der Waals surface area contributed by atoms with E-state index in [1.165, 1.54) is 25.1 Å². The summed E-state index contributed by atoms with van der Waals surface area (Å²) in [4.78, 5) is 19.7. The molecule has 0 aliphatic heterocycles. The monoisotopic (exact) mass is 223 g/mol. The largest absolute Gasteiger partial charge is 0.464 e. The lowest BCUT2D eigenvalue weighted by atomic mass is 10.5. The van der Waals surface area contributed by atoms with E-state index >= 15 is 0 Å². The third-order valence-electron chi connectivity index (χ3n) is 1.97. The number of methoxy groups -OCH3 is 1. The Labute approximate surface area is 90.5 Å². The van der Waals surface area contributed by atoms with Crippen LogP contribution in [0.25, 0.3) is 5.65 Å². The van der Waals surface area contributed by atoms with Gasteiger partial charge in [-0.1, -0.05) is 11.8 Å². The topological polar surface area (TPSA) is 56.5 Å². The summed E-state index contributed by atoms with van der Waals surface area (Å²) in [6, 6.07) is 1.74. The van der Waals surface area contributed by atoms with E-state index in [0.717, 1.165) is 0 Å². The molecular formula is C9H9N3O2S. The van der Waals surface area contributed by atoms with Crippen LogP contribution in [0.3, 0.4) is 0 Å². The molecule has 0 aliphatic rings. The molecule has 0 saturated heterocycles. The zero-order valence-electron chi connectivity index (χ0n) is 8.30. The van der Waals surface area contributed by atoms with Crippen LogP contribution in [0.15, 0.2) is 23.6 Å². The minimum Gasteiger partial charge on any atom is -0.464 e. The quantitative estimate of drug-likeness (QED) is 0.435. The normalized spacial score (nSPS) is 10.5. The Balaban J connectivity index is 2.71. The van der Waals surface area contributed by atoms with Crippen LogP contribution >= 0.6 is 11.8 Å². The summed E-state index contributed by atoms with van der Waals surface area (Å²) in [6.45, 7) is 0. The maximum atomic E-state index is 11.4. The second-order valence-corrected chi connectivity index (χ2v) is 3.53. The van der Waals surface area contributed by atoms with E-state index in [1.54, 1.807) is 16.7 Å². The second kappa shape index (κ2) is 3.90. The molecule has 0 aliphatic carbocycles. The highest BCUT2D eigenvalue weighted by molar-refractivity contribution is 7.98. The van der Waals surface area contributed by atoms with Crippen molar-refractivity contribution in [1.82, 2.24) is 14.4 Å². The summed E-state index contributed by atoms with van der Waals surface area (Å²) in [5.41, 5.74) is 1.08. The van der Waals surface area contributed by atoms with Crippen molar-refractivity contribution in [2.45, 2.75) is 5.16 Å². The molecule has 0 amide bonds. The summed E-state index contributed by atoms with van der Waals surface area (Å²) < 4.78 is 6.34. The lowest BCUT2D eigenvalue weighted by molar-refractivity contribution is 0.0591. The predicted molar refractivity (Wildman–Crippen MR) is 56.1 cm³/mol. The SMILES string of the molecule is COC(=O)c1cnc2ccnc(SC)n12. The molecule has 0 unspecified atom stereocenters. The van der Waals surface area contributed by atoms with Crippen molar-refractivity contribution in [1.29, 1.82) is 0 Å². The van der Waals surface area contributed by atoms with E-state index in [1.807, 2.05) is 6.26 Å². The smallest absolute Gasteiger partial charge is 0.356 e. The maximum absolute atomic E-state index is 11.4. The molecule has 0 N–H and O–H groups in total. The van der Waals surface area contributed by atoms with Gasteiger partial charge in [-0.25, -0.2) is 14.8 Å². The van der Waals surface area contributed by atoms with E-state index in [9.17, 15) is 4.79 Å². The number of hydrogen-bond donors (Lipinski definition) is 0. The maximum Gasteiger partial charge on any atom is 0.356 e. The zero-order valence-corrected chi connectivity index (χ0v) is 9.11. The highest BCUT2D eigenvalue weighted by Gasteiger charge is 2.14. The highest BCUT2D eigenvalue weighted by atomic mass is 32.2. The van der Waals surface area contributed by atoms with Crippen LogP contribution in [-0.2, 0) is 4.74 Å². The van der Waals surface area contributed by atoms with Gasteiger partial charge in [0.25, 0.3) is 0 Å². The van der Waals surface area contributed by atoms with Gasteiger partial charge in [-0.05, 0) is 12.3 Å². The number of carbonyl (C=O) groups is 1. The van der Waals surface area contributed by atoms with Gasteiger partial charge in [-0.3, -0.25) is 4.40 Å². The lowest BCUT2D eigenvalue weighted by Gasteiger charge is -2.03. The Kier molecular flexibility index (Phi) is 2.59. The number of nitrogens with zero attached hydrogens (tertiary/aromatic N) is 3. The van der Waals surface area contributed by atoms with Crippen LogP contribution in [0.5, 0.6) is 0 Å². The van der Waals surface area contributed by atoms with Gasteiger partial charge in [-0.15, -0.1) is 0 Å². The first-order valence-corrected chi connectivity index (χ1v) is 5.45. The zero-order chi connectivity index (χ0) is 10.8. The van der Waals surface area contributed by atoms with Gasteiger partial charge in [-0.2, -0.15) is 0 Å². The van der Waals surface area contributed by atoms with Crippen LogP contribution in [0.4, 0.5) is 0 Å². The Hall–Kier alpha value is -1.56. The van der Waals surface area contributed by atoms with Crippen molar-refractivity contribution in [3.8, 4) is 0 Å². The molecule has 78 valence electrons. The van der Waals surface area contributed by atoms with Crippen molar-refractivity contribution < 1.29 is 9.53 Å². The average Bonchev–Trinajstić information content (AvgIpc) is 2.71. The standard InChI is InChI=1S/C9H9N3O2S/c1-14-8(13)6-5-11-7-3-4-10-9(15-2)12(6)7/h3-5H,1-2H3. The number of hydrogen-bond acceptors (Lipinski definition) is 5. The fourth-order valence-corrected chi connectivity index (χ4v) is 1.84. The third-order valence-corrected chi connectivity index (χ3v) is 2.62. The Morgan fingerprint density at radius 2 is 2.33 bits per heavy atom. The van der Waals surface area contributed by atoms with E-state index in [2.05, 4.69) is 14.7 Å². The molecule has 0 saturated carbocycles. The van der Waals surface area contributed by atoms with Gasteiger partial charge >= 0.3 is 5.97 Å². The van der Waals surface area contributed by atoms with Gasteiger partial charge in [0.1, 0.15) is 5.65 Å².